The van der Waals surface area contributed by atoms with Gasteiger partial charge in [0.1, 0.15) is 22.8 Å². The number of fused-ring (bicyclic) bond motifs is 1. The van der Waals surface area contributed by atoms with Crippen molar-refractivity contribution in [2.75, 3.05) is 6.61 Å². The molecule has 2 aromatic carbocycles. The first-order chi connectivity index (χ1) is 15.5. The summed E-state index contributed by atoms with van der Waals surface area (Å²) in [5.74, 6) is 0.745. The monoisotopic (exact) mass is 472 g/mol. The maximum absolute atomic E-state index is 12.2. The average molecular weight is 473 g/mol. The van der Waals surface area contributed by atoms with Crippen LogP contribution in [0.1, 0.15) is 56.7 Å². The van der Waals surface area contributed by atoms with Crippen molar-refractivity contribution in [2.24, 2.45) is 7.05 Å². The highest BCUT2D eigenvalue weighted by atomic mass is 35.5. The Bertz CT molecular complexity index is 1160. The highest BCUT2D eigenvalue weighted by molar-refractivity contribution is 6.35. The Balaban J connectivity index is 1.75. The lowest BCUT2D eigenvalue weighted by molar-refractivity contribution is 0.0500. The van der Waals surface area contributed by atoms with Crippen LogP contribution >= 0.6 is 11.6 Å². The van der Waals surface area contributed by atoms with Gasteiger partial charge in [0.05, 0.1) is 23.2 Å². The zero-order chi connectivity index (χ0) is 24.3. The van der Waals surface area contributed by atoms with Crippen LogP contribution in [0.4, 0.5) is 4.79 Å². The fourth-order valence-electron chi connectivity index (χ4n) is 3.35. The molecular formula is C25H29ClN2O5. The fraction of sp³-hybridized carbons (Fsp3) is 0.360. The molecular weight excluding hydrogens is 444 g/mol. The van der Waals surface area contributed by atoms with Crippen molar-refractivity contribution < 1.29 is 23.8 Å². The minimum atomic E-state index is -0.556. The van der Waals surface area contributed by atoms with Crippen molar-refractivity contribution in [2.45, 2.75) is 46.3 Å². The number of carbonyl (C=O) groups excluding carboxylic acids is 2. The second-order valence-corrected chi connectivity index (χ2v) is 9.09. The molecule has 1 N–H and O–H groups in total. The number of aromatic nitrogens is 1. The summed E-state index contributed by atoms with van der Waals surface area (Å²) in [4.78, 5) is 24.2. The molecule has 176 valence electrons. The Hall–Kier alpha value is -3.19. The van der Waals surface area contributed by atoms with Crippen LogP contribution in [0.3, 0.4) is 0 Å². The molecule has 1 aromatic heterocycles. The third kappa shape index (κ3) is 5.99. The molecule has 7 nitrogen and oxygen atoms in total. The van der Waals surface area contributed by atoms with Gasteiger partial charge in [0.2, 0.25) is 0 Å². The molecule has 1 unspecified atom stereocenters. The molecule has 1 heterocycles. The largest absolute Gasteiger partial charge is 0.461 e. The maximum Gasteiger partial charge on any atom is 0.408 e. The summed E-state index contributed by atoms with van der Waals surface area (Å²) >= 11 is 6.46. The van der Waals surface area contributed by atoms with E-state index < -0.39 is 17.7 Å². The lowest BCUT2D eigenvalue weighted by atomic mass is 10.1. The SMILES string of the molecule is CCOC(=O)c1cc2c(Cl)cc(Oc3ccc(C(C)NC(=O)OC(C)(C)C)cc3)cc2n1C. The van der Waals surface area contributed by atoms with E-state index >= 15 is 0 Å². The average Bonchev–Trinajstić information content (AvgIpc) is 3.04. The van der Waals surface area contributed by atoms with Gasteiger partial charge in [-0.2, -0.15) is 0 Å². The summed E-state index contributed by atoms with van der Waals surface area (Å²) in [6.07, 6.45) is -0.469. The van der Waals surface area contributed by atoms with Gasteiger partial charge in [0, 0.05) is 24.6 Å². The molecule has 8 heteroatoms. The highest BCUT2D eigenvalue weighted by Crippen LogP contribution is 2.34. The molecule has 0 bridgehead atoms. The number of hydrogen-bond donors (Lipinski definition) is 1. The van der Waals surface area contributed by atoms with Gasteiger partial charge in [0.15, 0.2) is 0 Å². The Morgan fingerprint density at radius 1 is 1.09 bits per heavy atom. The summed E-state index contributed by atoms with van der Waals surface area (Å²) in [6, 6.07) is 12.4. The van der Waals surface area contributed by atoms with E-state index in [2.05, 4.69) is 5.32 Å². The van der Waals surface area contributed by atoms with Crippen LogP contribution in [0.15, 0.2) is 42.5 Å². The number of nitrogens with one attached hydrogen (secondary N) is 1. The van der Waals surface area contributed by atoms with Crippen molar-refractivity contribution >= 4 is 34.6 Å². The molecule has 0 aliphatic carbocycles. The number of alkyl carbamates (subject to hydrolysis) is 1. The molecule has 0 aliphatic heterocycles. The standard InChI is InChI=1S/C25H29ClN2O5/c1-7-31-23(29)22-14-19-20(26)12-18(13-21(19)28(22)6)32-17-10-8-16(9-11-17)15(2)27-24(30)33-25(3,4)5/h8-15H,7H2,1-6H3,(H,27,30). The number of nitrogens with zero attached hydrogens (tertiary/aromatic N) is 1. The number of hydrogen-bond acceptors (Lipinski definition) is 5. The minimum Gasteiger partial charge on any atom is -0.461 e. The van der Waals surface area contributed by atoms with Gasteiger partial charge >= 0.3 is 12.1 Å². The van der Waals surface area contributed by atoms with Crippen LogP contribution in [0.5, 0.6) is 11.5 Å². The summed E-state index contributed by atoms with van der Waals surface area (Å²) < 4.78 is 18.1. The van der Waals surface area contributed by atoms with Crippen molar-refractivity contribution in [1.82, 2.24) is 9.88 Å². The van der Waals surface area contributed by atoms with Crippen LogP contribution in [-0.4, -0.2) is 28.8 Å². The summed E-state index contributed by atoms with van der Waals surface area (Å²) in [6.45, 7) is 9.40. The smallest absolute Gasteiger partial charge is 0.408 e. The third-order valence-corrected chi connectivity index (χ3v) is 5.23. The van der Waals surface area contributed by atoms with Gasteiger partial charge < -0.3 is 24.1 Å². The Kier molecular flexibility index (Phi) is 7.22. The highest BCUT2D eigenvalue weighted by Gasteiger charge is 2.19. The number of carbonyl (C=O) groups is 2. The van der Waals surface area contributed by atoms with Gasteiger partial charge in [-0.15, -0.1) is 0 Å². The topological polar surface area (TPSA) is 78.8 Å². The van der Waals surface area contributed by atoms with Crippen LogP contribution < -0.4 is 10.1 Å². The first-order valence-electron chi connectivity index (χ1n) is 10.7. The van der Waals surface area contributed by atoms with E-state index in [1.165, 1.54) is 0 Å². The van der Waals surface area contributed by atoms with Crippen LogP contribution in [0.2, 0.25) is 5.02 Å². The van der Waals surface area contributed by atoms with E-state index in [1.807, 2.05) is 58.0 Å². The fourth-order valence-corrected chi connectivity index (χ4v) is 3.61. The second kappa shape index (κ2) is 9.75. The lowest BCUT2D eigenvalue weighted by Crippen LogP contribution is -2.34. The number of rotatable bonds is 6. The third-order valence-electron chi connectivity index (χ3n) is 4.92. The van der Waals surface area contributed by atoms with Gasteiger partial charge in [-0.25, -0.2) is 9.59 Å². The van der Waals surface area contributed by atoms with Gasteiger partial charge in [-0.3, -0.25) is 0 Å². The van der Waals surface area contributed by atoms with E-state index in [9.17, 15) is 9.59 Å². The predicted molar refractivity (Wildman–Crippen MR) is 128 cm³/mol. The van der Waals surface area contributed by atoms with Crippen molar-refractivity contribution in [3.05, 3.63) is 58.7 Å². The Morgan fingerprint density at radius 2 is 1.76 bits per heavy atom. The van der Waals surface area contributed by atoms with Gasteiger partial charge in [-0.05, 0) is 58.4 Å². The minimum absolute atomic E-state index is 0.232. The molecule has 0 aliphatic rings. The van der Waals surface area contributed by atoms with Gasteiger partial charge in [0.25, 0.3) is 0 Å². The van der Waals surface area contributed by atoms with E-state index in [4.69, 9.17) is 25.8 Å². The number of benzene rings is 2. The van der Waals surface area contributed by atoms with Crippen molar-refractivity contribution in [3.8, 4) is 11.5 Å². The summed E-state index contributed by atoms with van der Waals surface area (Å²) in [5, 5.41) is 4.03. The molecule has 0 saturated carbocycles. The first kappa shape index (κ1) is 24.5. The zero-order valence-corrected chi connectivity index (χ0v) is 20.4. The predicted octanol–water partition coefficient (Wildman–Crippen LogP) is 6.39. The molecule has 0 spiro atoms. The number of halogens is 1. The van der Waals surface area contributed by atoms with E-state index in [0.29, 0.717) is 28.8 Å². The molecule has 1 amide bonds. The quantitative estimate of drug-likeness (QED) is 0.421. The maximum atomic E-state index is 12.2. The molecule has 3 aromatic rings. The van der Waals surface area contributed by atoms with E-state index in [1.54, 1.807) is 30.7 Å². The molecule has 0 fully saturated rings. The zero-order valence-electron chi connectivity index (χ0n) is 19.7. The number of esters is 1. The first-order valence-corrected chi connectivity index (χ1v) is 11.1. The molecule has 3 rings (SSSR count). The number of ether oxygens (including phenoxy) is 3. The summed E-state index contributed by atoms with van der Waals surface area (Å²) in [5.41, 5.74) is 1.52. The molecule has 0 radical (unpaired) electrons. The Morgan fingerprint density at radius 3 is 2.36 bits per heavy atom. The van der Waals surface area contributed by atoms with Crippen molar-refractivity contribution in [1.29, 1.82) is 0 Å². The Labute approximate surface area is 198 Å². The molecule has 0 saturated heterocycles. The van der Waals surface area contributed by atoms with Crippen molar-refractivity contribution in [3.63, 3.8) is 0 Å². The van der Waals surface area contributed by atoms with Crippen LogP contribution in [0.25, 0.3) is 10.9 Å². The van der Waals surface area contributed by atoms with Crippen LogP contribution in [-0.2, 0) is 16.5 Å². The summed E-state index contributed by atoms with van der Waals surface area (Å²) in [7, 11) is 1.78. The number of aryl methyl sites for hydroxylation is 1. The van der Waals surface area contributed by atoms with E-state index in [-0.39, 0.29) is 6.04 Å². The lowest BCUT2D eigenvalue weighted by Gasteiger charge is -2.22. The van der Waals surface area contributed by atoms with Crippen LogP contribution in [0, 0.1) is 0 Å². The second-order valence-electron chi connectivity index (χ2n) is 8.69. The normalized spacial score (nSPS) is 12.3. The molecule has 1 atom stereocenters. The number of amides is 1. The molecule has 33 heavy (non-hydrogen) atoms. The van der Waals surface area contributed by atoms with E-state index in [0.717, 1.165) is 16.5 Å². The van der Waals surface area contributed by atoms with Gasteiger partial charge in [-0.1, -0.05) is 23.7 Å².